The maximum absolute atomic E-state index is 12.0. The zero-order valence-electron chi connectivity index (χ0n) is 16.7. The molecule has 0 saturated carbocycles. The lowest BCUT2D eigenvalue weighted by molar-refractivity contribution is -0.145. The summed E-state index contributed by atoms with van der Waals surface area (Å²) in [5.74, 6) is 1.86. The van der Waals surface area contributed by atoms with E-state index in [1.807, 2.05) is 12.1 Å². The third-order valence-electron chi connectivity index (χ3n) is 5.62. The lowest BCUT2D eigenvalue weighted by atomic mass is 9.99. The van der Waals surface area contributed by atoms with E-state index < -0.39 is 0 Å². The molecule has 3 unspecified atom stereocenters. The number of carbonyl (C=O) groups is 1. The van der Waals surface area contributed by atoms with E-state index in [4.69, 9.17) is 14.1 Å². The lowest BCUT2D eigenvalue weighted by Gasteiger charge is -2.26. The molecule has 7 heteroatoms. The first-order valence-electron chi connectivity index (χ1n) is 10.0. The van der Waals surface area contributed by atoms with Gasteiger partial charge in [-0.3, -0.25) is 14.7 Å². The van der Waals surface area contributed by atoms with Gasteiger partial charge in [0, 0.05) is 19.6 Å². The molecule has 2 aliphatic rings. The molecule has 0 amide bonds. The molecule has 0 aliphatic carbocycles. The molecule has 1 aromatic heterocycles. The van der Waals surface area contributed by atoms with Gasteiger partial charge in [-0.2, -0.15) is 0 Å². The van der Waals surface area contributed by atoms with Crippen molar-refractivity contribution in [3.05, 3.63) is 24.2 Å². The number of nitrogens with one attached hydrogen (secondary N) is 1. The van der Waals surface area contributed by atoms with Crippen LogP contribution in [0.3, 0.4) is 0 Å². The molecule has 150 valence electrons. The van der Waals surface area contributed by atoms with E-state index in [-0.39, 0.29) is 23.8 Å². The molecule has 0 radical (unpaired) electrons. The predicted molar refractivity (Wildman–Crippen MR) is 104 cm³/mol. The third-order valence-corrected chi connectivity index (χ3v) is 5.62. The topological polar surface area (TPSA) is 70.3 Å². The summed E-state index contributed by atoms with van der Waals surface area (Å²) in [7, 11) is 1.46. The van der Waals surface area contributed by atoms with E-state index >= 15 is 0 Å². The van der Waals surface area contributed by atoms with Crippen molar-refractivity contribution in [2.24, 2.45) is 16.8 Å². The van der Waals surface area contributed by atoms with Crippen molar-refractivity contribution in [3.63, 3.8) is 0 Å². The summed E-state index contributed by atoms with van der Waals surface area (Å²) in [6, 6.07) is 4.14. The van der Waals surface area contributed by atoms with Gasteiger partial charge in [-0.1, -0.05) is 6.92 Å². The third kappa shape index (κ3) is 4.64. The highest BCUT2D eigenvalue weighted by molar-refractivity contribution is 5.82. The van der Waals surface area contributed by atoms with Gasteiger partial charge in [0.15, 0.2) is 5.96 Å². The number of aliphatic imine (C=N–C) groups is 1. The molecule has 2 fully saturated rings. The van der Waals surface area contributed by atoms with Crippen LogP contribution in [0.4, 0.5) is 0 Å². The molecular weight excluding hydrogens is 344 g/mol. The van der Waals surface area contributed by atoms with Crippen LogP contribution in [0.25, 0.3) is 0 Å². The minimum absolute atomic E-state index is 0.0988. The van der Waals surface area contributed by atoms with Crippen LogP contribution in [0.5, 0.6) is 0 Å². The Balaban J connectivity index is 1.73. The molecule has 1 N–H and O–H groups in total. The van der Waals surface area contributed by atoms with Crippen LogP contribution < -0.4 is 5.32 Å². The average Bonchev–Trinajstić information content (AvgIpc) is 3.42. The number of methoxy groups -OCH3 is 1. The first kappa shape index (κ1) is 19.7. The van der Waals surface area contributed by atoms with Gasteiger partial charge >= 0.3 is 5.97 Å². The van der Waals surface area contributed by atoms with Crippen LogP contribution in [0.15, 0.2) is 27.8 Å². The quantitative estimate of drug-likeness (QED) is 0.466. The number of esters is 1. The van der Waals surface area contributed by atoms with Crippen LogP contribution in [-0.2, 0) is 9.53 Å². The second kappa shape index (κ2) is 9.26. The number of hydrogen-bond donors (Lipinski definition) is 1. The Morgan fingerprint density at radius 3 is 2.81 bits per heavy atom. The summed E-state index contributed by atoms with van der Waals surface area (Å²) in [4.78, 5) is 21.6. The van der Waals surface area contributed by atoms with E-state index in [1.54, 1.807) is 6.26 Å². The van der Waals surface area contributed by atoms with Crippen molar-refractivity contribution in [1.29, 1.82) is 0 Å². The van der Waals surface area contributed by atoms with Crippen molar-refractivity contribution in [2.75, 3.05) is 46.4 Å². The highest BCUT2D eigenvalue weighted by atomic mass is 16.5. The molecule has 3 heterocycles. The Kier molecular flexibility index (Phi) is 6.77. The Labute approximate surface area is 161 Å². The molecule has 0 bridgehead atoms. The van der Waals surface area contributed by atoms with Crippen LogP contribution >= 0.6 is 0 Å². The number of guanidine groups is 1. The van der Waals surface area contributed by atoms with Crippen LogP contribution in [0, 0.1) is 11.8 Å². The first-order valence-corrected chi connectivity index (χ1v) is 10.0. The summed E-state index contributed by atoms with van der Waals surface area (Å²) in [5, 5.41) is 3.39. The first-order chi connectivity index (χ1) is 13.1. The van der Waals surface area contributed by atoms with Crippen molar-refractivity contribution in [1.82, 2.24) is 15.1 Å². The summed E-state index contributed by atoms with van der Waals surface area (Å²) >= 11 is 0. The number of ether oxygens (including phenoxy) is 1. The zero-order chi connectivity index (χ0) is 19.2. The largest absolute Gasteiger partial charge is 0.469 e. The van der Waals surface area contributed by atoms with Crippen LogP contribution in [-0.4, -0.2) is 68.1 Å². The number of carbonyl (C=O) groups excluding carboxylic acids is 1. The van der Waals surface area contributed by atoms with Crippen molar-refractivity contribution in [2.45, 2.75) is 32.7 Å². The van der Waals surface area contributed by atoms with E-state index in [2.05, 4.69) is 29.0 Å². The maximum atomic E-state index is 12.0. The fourth-order valence-corrected chi connectivity index (χ4v) is 4.12. The second-order valence-corrected chi connectivity index (χ2v) is 7.48. The molecular formula is C20H32N4O3. The number of furan rings is 1. The van der Waals surface area contributed by atoms with Crippen molar-refractivity contribution in [3.8, 4) is 0 Å². The minimum Gasteiger partial charge on any atom is -0.469 e. The second-order valence-electron chi connectivity index (χ2n) is 7.48. The molecule has 7 nitrogen and oxygen atoms in total. The fourth-order valence-electron chi connectivity index (χ4n) is 4.12. The summed E-state index contributed by atoms with van der Waals surface area (Å²) < 4.78 is 10.7. The smallest absolute Gasteiger partial charge is 0.310 e. The van der Waals surface area contributed by atoms with Gasteiger partial charge in [-0.25, -0.2) is 0 Å². The number of rotatable bonds is 6. The number of nitrogens with zero attached hydrogens (tertiary/aromatic N) is 3. The van der Waals surface area contributed by atoms with Gasteiger partial charge in [-0.05, 0) is 50.9 Å². The highest BCUT2D eigenvalue weighted by Crippen LogP contribution is 2.27. The number of likely N-dealkylation sites (tertiary alicyclic amines) is 2. The predicted octanol–water partition coefficient (Wildman–Crippen LogP) is 2.12. The van der Waals surface area contributed by atoms with E-state index in [0.29, 0.717) is 13.1 Å². The standard InChI is InChI=1S/C20H32N4O3/c1-4-21-20(24-13-15(2)16(14-24)19(25)26-3)22-12-17(18-8-7-11-27-18)23-9-5-6-10-23/h7-8,11,15-17H,4-6,9-10,12-14H2,1-3H3,(H,21,22). The van der Waals surface area contributed by atoms with Crippen LogP contribution in [0.1, 0.15) is 38.5 Å². The van der Waals surface area contributed by atoms with Gasteiger partial charge in [0.05, 0.1) is 31.9 Å². The Hall–Kier alpha value is -2.02. The number of hydrogen-bond acceptors (Lipinski definition) is 5. The SMILES string of the molecule is CCNC(=NCC(c1ccco1)N1CCCC1)N1CC(C)C(C(=O)OC)C1. The fraction of sp³-hybridized carbons (Fsp3) is 0.700. The molecule has 3 rings (SSSR count). The molecule has 27 heavy (non-hydrogen) atoms. The van der Waals surface area contributed by atoms with Crippen LogP contribution in [0.2, 0.25) is 0 Å². The summed E-state index contributed by atoms with van der Waals surface area (Å²) in [6.45, 7) is 9.23. The van der Waals surface area contributed by atoms with Crippen molar-refractivity contribution >= 4 is 11.9 Å². The van der Waals surface area contributed by atoms with E-state index in [1.165, 1.54) is 20.0 Å². The molecule has 3 atom stereocenters. The summed E-state index contributed by atoms with van der Waals surface area (Å²) in [5.41, 5.74) is 0. The normalized spacial score (nSPS) is 25.0. The van der Waals surface area contributed by atoms with Gasteiger partial charge in [0.1, 0.15) is 5.76 Å². The Morgan fingerprint density at radius 1 is 1.41 bits per heavy atom. The Morgan fingerprint density at radius 2 is 2.19 bits per heavy atom. The Bertz CT molecular complexity index is 625. The van der Waals surface area contributed by atoms with E-state index in [9.17, 15) is 4.79 Å². The van der Waals surface area contributed by atoms with E-state index in [0.717, 1.165) is 37.9 Å². The van der Waals surface area contributed by atoms with Gasteiger partial charge in [-0.15, -0.1) is 0 Å². The molecule has 0 aromatic carbocycles. The minimum atomic E-state index is -0.133. The lowest BCUT2D eigenvalue weighted by Crippen LogP contribution is -2.41. The van der Waals surface area contributed by atoms with Gasteiger partial charge in [0.2, 0.25) is 0 Å². The average molecular weight is 377 g/mol. The van der Waals surface area contributed by atoms with Crippen molar-refractivity contribution < 1.29 is 13.9 Å². The molecule has 2 aliphatic heterocycles. The van der Waals surface area contributed by atoms with Gasteiger partial charge < -0.3 is 19.4 Å². The molecule has 0 spiro atoms. The zero-order valence-corrected chi connectivity index (χ0v) is 16.7. The maximum Gasteiger partial charge on any atom is 0.310 e. The van der Waals surface area contributed by atoms with Gasteiger partial charge in [0.25, 0.3) is 0 Å². The highest BCUT2D eigenvalue weighted by Gasteiger charge is 2.37. The molecule has 2 saturated heterocycles. The molecule has 1 aromatic rings. The summed E-state index contributed by atoms with van der Waals surface area (Å²) in [6.07, 6.45) is 4.19. The monoisotopic (exact) mass is 376 g/mol.